The highest BCUT2D eigenvalue weighted by Gasteiger charge is 2.20. The van der Waals surface area contributed by atoms with E-state index in [-0.39, 0.29) is 0 Å². The van der Waals surface area contributed by atoms with Crippen molar-refractivity contribution in [1.82, 2.24) is 0 Å². The van der Waals surface area contributed by atoms with Gasteiger partial charge in [-0.25, -0.2) is 0 Å². The van der Waals surface area contributed by atoms with E-state index in [0.717, 1.165) is 36.5 Å². The summed E-state index contributed by atoms with van der Waals surface area (Å²) in [5, 5.41) is 0. The van der Waals surface area contributed by atoms with Crippen molar-refractivity contribution in [2.75, 3.05) is 0 Å². The van der Waals surface area contributed by atoms with Gasteiger partial charge in [-0.15, -0.1) is 0 Å². The van der Waals surface area contributed by atoms with Gasteiger partial charge in [0.1, 0.15) is 17.2 Å². The molecule has 0 N–H and O–H groups in total. The van der Waals surface area contributed by atoms with Crippen LogP contribution in [-0.4, -0.2) is 0 Å². The third kappa shape index (κ3) is 33.6. The van der Waals surface area contributed by atoms with E-state index in [4.69, 9.17) is 13.6 Å². The van der Waals surface area contributed by atoms with Crippen molar-refractivity contribution < 1.29 is 13.6 Å². The third-order valence-corrected chi connectivity index (χ3v) is 15.1. The molecule has 4 heteroatoms. The molecule has 0 aliphatic carbocycles. The van der Waals surface area contributed by atoms with Crippen LogP contribution in [0.3, 0.4) is 0 Å². The van der Waals surface area contributed by atoms with Crippen molar-refractivity contribution in [3.63, 3.8) is 0 Å². The second-order valence-corrected chi connectivity index (χ2v) is 21.4. The number of rotatable bonds is 48. The first-order valence-electron chi connectivity index (χ1n) is 29.3. The van der Waals surface area contributed by atoms with Crippen LogP contribution < -0.4 is 13.6 Å². The standard InChI is InChI=1S/C63H105O3P/c1-4-7-10-13-16-19-22-25-28-31-34-37-40-43-58-46-52-61(53-47-58)64-67(65-62-54-48-59(49-55-62)44-41-38-35-32-29-26-23-20-17-14-11-8-5-2)66-63-56-50-60(51-57-63)45-42-39-36-33-30-27-24-21-18-15-12-9-6-3/h46-57H,4-45H2,1-3H3. The summed E-state index contributed by atoms with van der Waals surface area (Å²) in [6.45, 7) is 6.90. The highest BCUT2D eigenvalue weighted by Crippen LogP contribution is 2.42. The molecule has 0 radical (unpaired) electrons. The smallest absolute Gasteiger partial charge is 0.409 e. The van der Waals surface area contributed by atoms with E-state index in [0.29, 0.717) is 0 Å². The molecule has 0 saturated carbocycles. The minimum atomic E-state index is -1.70. The quantitative estimate of drug-likeness (QED) is 0.0417. The van der Waals surface area contributed by atoms with Gasteiger partial charge in [-0.05, 0) is 91.6 Å². The van der Waals surface area contributed by atoms with Gasteiger partial charge in [-0.2, -0.15) is 0 Å². The fraction of sp³-hybridized carbons (Fsp3) is 0.714. The second-order valence-electron chi connectivity index (χ2n) is 20.4. The number of hydrogen-bond donors (Lipinski definition) is 0. The Hall–Kier alpha value is -2.51. The molecule has 3 aromatic carbocycles. The summed E-state index contributed by atoms with van der Waals surface area (Å²) < 4.78 is 19.5. The molecule has 380 valence electrons. The minimum absolute atomic E-state index is 0.790. The number of benzene rings is 3. The van der Waals surface area contributed by atoms with Gasteiger partial charge in [0.05, 0.1) is 0 Å². The largest absolute Gasteiger partial charge is 0.530 e. The highest BCUT2D eigenvalue weighted by atomic mass is 31.2. The summed E-state index contributed by atoms with van der Waals surface area (Å²) in [7, 11) is -1.70. The minimum Gasteiger partial charge on any atom is -0.409 e. The van der Waals surface area contributed by atoms with Gasteiger partial charge < -0.3 is 13.6 Å². The molecule has 3 aromatic rings. The van der Waals surface area contributed by atoms with E-state index >= 15 is 0 Å². The second kappa shape index (κ2) is 43.5. The van der Waals surface area contributed by atoms with Gasteiger partial charge in [-0.3, -0.25) is 0 Å². The summed E-state index contributed by atoms with van der Waals surface area (Å²) in [4.78, 5) is 0. The number of unbranched alkanes of at least 4 members (excludes halogenated alkanes) is 36. The molecule has 0 aliphatic heterocycles. The number of aryl methyl sites for hydroxylation is 3. The van der Waals surface area contributed by atoms with Crippen LogP contribution in [0.5, 0.6) is 17.2 Å². The van der Waals surface area contributed by atoms with Crippen molar-refractivity contribution in [1.29, 1.82) is 0 Å². The molecule has 3 nitrogen and oxygen atoms in total. The first-order chi connectivity index (χ1) is 33.2. The maximum Gasteiger partial charge on any atom is 0.530 e. The SMILES string of the molecule is CCCCCCCCCCCCCCCc1ccc(OP(Oc2ccc(CCCCCCCCCCCCCCC)cc2)Oc2ccc(CCCCCCCCCCCCCCC)cc2)cc1. The summed E-state index contributed by atoms with van der Waals surface area (Å²) in [6.07, 6.45) is 57.5. The lowest BCUT2D eigenvalue weighted by Crippen LogP contribution is -2.03. The van der Waals surface area contributed by atoms with Crippen LogP contribution in [0.4, 0.5) is 0 Å². The van der Waals surface area contributed by atoms with Crippen LogP contribution in [-0.2, 0) is 19.3 Å². The molecule has 0 atom stereocenters. The van der Waals surface area contributed by atoms with E-state index in [2.05, 4.69) is 93.6 Å². The first kappa shape index (κ1) is 58.8. The monoisotopic (exact) mass is 941 g/mol. The van der Waals surface area contributed by atoms with E-state index < -0.39 is 8.60 Å². The van der Waals surface area contributed by atoms with Gasteiger partial charge in [0, 0.05) is 0 Å². The van der Waals surface area contributed by atoms with Gasteiger partial charge in [0.25, 0.3) is 0 Å². The topological polar surface area (TPSA) is 27.7 Å². The fourth-order valence-electron chi connectivity index (χ4n) is 9.51. The molecule has 0 amide bonds. The van der Waals surface area contributed by atoms with Gasteiger partial charge >= 0.3 is 8.60 Å². The summed E-state index contributed by atoms with van der Waals surface area (Å²) in [6, 6.07) is 25.9. The van der Waals surface area contributed by atoms with Crippen molar-refractivity contribution in [3.8, 4) is 17.2 Å². The van der Waals surface area contributed by atoms with Crippen molar-refractivity contribution in [2.45, 2.75) is 290 Å². The van der Waals surface area contributed by atoms with Crippen LogP contribution >= 0.6 is 8.60 Å². The highest BCUT2D eigenvalue weighted by molar-refractivity contribution is 7.43. The van der Waals surface area contributed by atoms with E-state index in [9.17, 15) is 0 Å². The first-order valence-corrected chi connectivity index (χ1v) is 30.4. The van der Waals surface area contributed by atoms with Crippen molar-refractivity contribution >= 4 is 8.60 Å². The summed E-state index contributed by atoms with van der Waals surface area (Å²) >= 11 is 0. The molecule has 0 bridgehead atoms. The van der Waals surface area contributed by atoms with Gasteiger partial charge in [0.15, 0.2) is 0 Å². The zero-order valence-electron chi connectivity index (χ0n) is 44.3. The lowest BCUT2D eigenvalue weighted by molar-refractivity contribution is 0.388. The zero-order chi connectivity index (χ0) is 47.3. The fourth-order valence-corrected chi connectivity index (χ4v) is 10.5. The predicted octanol–water partition coefficient (Wildman–Crippen LogP) is 22.4. The van der Waals surface area contributed by atoms with Gasteiger partial charge in [0.2, 0.25) is 0 Å². The Bertz CT molecular complexity index is 1290. The molecular formula is C63H105O3P. The average molecular weight is 942 g/mol. The van der Waals surface area contributed by atoms with Crippen LogP contribution in [0.15, 0.2) is 72.8 Å². The number of hydrogen-bond acceptors (Lipinski definition) is 3. The van der Waals surface area contributed by atoms with E-state index in [1.807, 2.05) is 0 Å². The Kier molecular flexibility index (Phi) is 38.2. The lowest BCUT2D eigenvalue weighted by Gasteiger charge is -2.18. The zero-order valence-corrected chi connectivity index (χ0v) is 45.2. The predicted molar refractivity (Wildman–Crippen MR) is 296 cm³/mol. The molecule has 0 heterocycles. The molecule has 3 rings (SSSR count). The average Bonchev–Trinajstić information content (AvgIpc) is 3.35. The molecule has 0 spiro atoms. The van der Waals surface area contributed by atoms with Crippen molar-refractivity contribution in [2.24, 2.45) is 0 Å². The Balaban J connectivity index is 1.40. The Labute approximate surface area is 417 Å². The van der Waals surface area contributed by atoms with Crippen LogP contribution in [0.1, 0.15) is 288 Å². The molecule has 0 fully saturated rings. The molecule has 0 aliphatic rings. The maximum atomic E-state index is 6.49. The van der Waals surface area contributed by atoms with Crippen LogP contribution in [0, 0.1) is 0 Å². The maximum absolute atomic E-state index is 6.49. The molecule has 0 aromatic heterocycles. The summed E-state index contributed by atoms with van der Waals surface area (Å²) in [5.74, 6) is 2.37. The van der Waals surface area contributed by atoms with Gasteiger partial charge in [-0.1, -0.05) is 288 Å². The third-order valence-electron chi connectivity index (χ3n) is 14.0. The summed E-state index contributed by atoms with van der Waals surface area (Å²) in [5.41, 5.74) is 4.12. The molecule has 67 heavy (non-hydrogen) atoms. The lowest BCUT2D eigenvalue weighted by atomic mass is 10.0. The normalized spacial score (nSPS) is 11.5. The van der Waals surface area contributed by atoms with E-state index in [1.54, 1.807) is 0 Å². The molecule has 0 saturated heterocycles. The Morgan fingerprint density at radius 3 is 0.567 bits per heavy atom. The molecular weight excluding hydrogens is 836 g/mol. The Morgan fingerprint density at radius 2 is 0.388 bits per heavy atom. The van der Waals surface area contributed by atoms with Crippen LogP contribution in [0.2, 0.25) is 0 Å². The van der Waals surface area contributed by atoms with Crippen LogP contribution in [0.25, 0.3) is 0 Å². The Morgan fingerprint density at radius 1 is 0.224 bits per heavy atom. The van der Waals surface area contributed by atoms with E-state index in [1.165, 1.54) is 267 Å². The molecule has 0 unspecified atom stereocenters. The van der Waals surface area contributed by atoms with Crippen molar-refractivity contribution in [3.05, 3.63) is 89.5 Å².